The Morgan fingerprint density at radius 1 is 1.23 bits per heavy atom. The fourth-order valence-electron chi connectivity index (χ4n) is 3.17. The molecule has 1 amide bonds. The average molecular weight is 414 g/mol. The van der Waals surface area contributed by atoms with Crippen molar-refractivity contribution >= 4 is 42.1 Å². The van der Waals surface area contributed by atoms with Gasteiger partial charge in [-0.2, -0.15) is 13.2 Å². The highest BCUT2D eigenvalue weighted by Gasteiger charge is 2.33. The lowest BCUT2D eigenvalue weighted by Crippen LogP contribution is -2.48. The van der Waals surface area contributed by atoms with Crippen LogP contribution in [0.4, 0.5) is 24.5 Å². The summed E-state index contributed by atoms with van der Waals surface area (Å²) >= 11 is 0. The van der Waals surface area contributed by atoms with Crippen LogP contribution in [-0.4, -0.2) is 32.1 Å². The van der Waals surface area contributed by atoms with Crippen molar-refractivity contribution in [2.75, 3.05) is 36.4 Å². The van der Waals surface area contributed by atoms with E-state index in [0.29, 0.717) is 5.69 Å². The molecule has 0 radical (unpaired) electrons. The maximum Gasteiger partial charge on any atom is 0.416 e. The Morgan fingerprint density at radius 3 is 2.35 bits per heavy atom. The molecule has 26 heavy (non-hydrogen) atoms. The number of alkyl halides is 3. The van der Waals surface area contributed by atoms with E-state index < -0.39 is 11.7 Å². The van der Waals surface area contributed by atoms with Gasteiger partial charge in [0.25, 0.3) is 0 Å². The second-order valence-corrected chi connectivity index (χ2v) is 6.62. The Bertz CT molecular complexity index is 618. The second kappa shape index (κ2) is 9.15. The minimum Gasteiger partial charge on any atom is -0.370 e. The fourth-order valence-corrected chi connectivity index (χ4v) is 3.17. The molecule has 2 N–H and O–H groups in total. The summed E-state index contributed by atoms with van der Waals surface area (Å²) in [6.07, 6.45) is -2.40. The van der Waals surface area contributed by atoms with Crippen LogP contribution in [0.1, 0.15) is 25.3 Å². The predicted octanol–water partition coefficient (Wildman–Crippen LogP) is 3.94. The van der Waals surface area contributed by atoms with Crippen molar-refractivity contribution in [2.24, 2.45) is 11.8 Å². The highest BCUT2D eigenvalue weighted by Crippen LogP contribution is 2.37. The standard InChI is InChI=1S/C17H22F3N3O.2ClH/c1-11(12-9-21-10-12)16(24)22-14-8-13(17(18,19)20)4-5-15(14)23-6-2-3-7-23;;/h4-5,8,11-12,21H,2-3,6-7,9-10H2,1H3,(H,22,24);2*1H. The SMILES string of the molecule is CC(C(=O)Nc1cc(C(F)(F)F)ccc1N1CCCC1)C1CNC1.Cl.Cl. The summed E-state index contributed by atoms with van der Waals surface area (Å²) in [6, 6.07) is 3.61. The number of anilines is 2. The Balaban J connectivity index is 0.00000169. The van der Waals surface area contributed by atoms with Gasteiger partial charge in [0.1, 0.15) is 0 Å². The molecule has 9 heteroatoms. The van der Waals surface area contributed by atoms with E-state index in [1.165, 1.54) is 6.07 Å². The normalized spacial score (nSPS) is 18.4. The highest BCUT2D eigenvalue weighted by atomic mass is 35.5. The minimum absolute atomic E-state index is 0. The van der Waals surface area contributed by atoms with Crippen LogP contribution in [0.3, 0.4) is 0 Å². The Labute approximate surface area is 163 Å². The van der Waals surface area contributed by atoms with E-state index in [9.17, 15) is 18.0 Å². The zero-order chi connectivity index (χ0) is 17.3. The molecule has 3 rings (SSSR count). The number of amides is 1. The molecule has 148 valence electrons. The molecule has 0 saturated carbocycles. The summed E-state index contributed by atoms with van der Waals surface area (Å²) in [5, 5.41) is 5.85. The summed E-state index contributed by atoms with van der Waals surface area (Å²) in [7, 11) is 0. The maximum atomic E-state index is 13.0. The number of rotatable bonds is 4. The van der Waals surface area contributed by atoms with Crippen molar-refractivity contribution in [3.05, 3.63) is 23.8 Å². The van der Waals surface area contributed by atoms with Crippen molar-refractivity contribution in [1.29, 1.82) is 0 Å². The third-order valence-electron chi connectivity index (χ3n) is 4.96. The molecular weight excluding hydrogens is 390 g/mol. The van der Waals surface area contributed by atoms with Crippen LogP contribution >= 0.6 is 24.8 Å². The number of nitrogens with zero attached hydrogens (tertiary/aromatic N) is 1. The summed E-state index contributed by atoms with van der Waals surface area (Å²) in [6.45, 7) is 4.98. The first-order valence-corrected chi connectivity index (χ1v) is 8.34. The first kappa shape index (κ1) is 22.9. The Hall–Kier alpha value is -1.18. The van der Waals surface area contributed by atoms with Crippen molar-refractivity contribution in [3.8, 4) is 0 Å². The van der Waals surface area contributed by atoms with Gasteiger partial charge >= 0.3 is 6.18 Å². The smallest absolute Gasteiger partial charge is 0.370 e. The second-order valence-electron chi connectivity index (χ2n) is 6.62. The molecular formula is C17H24Cl2F3N3O. The van der Waals surface area contributed by atoms with E-state index in [1.54, 1.807) is 0 Å². The lowest BCUT2D eigenvalue weighted by molar-refractivity contribution is -0.137. The molecule has 1 aromatic rings. The topological polar surface area (TPSA) is 44.4 Å². The molecule has 2 saturated heterocycles. The summed E-state index contributed by atoms with van der Waals surface area (Å²) in [4.78, 5) is 14.5. The van der Waals surface area contributed by atoms with Gasteiger partial charge in [0.05, 0.1) is 16.9 Å². The largest absolute Gasteiger partial charge is 0.416 e. The molecule has 1 unspecified atom stereocenters. The summed E-state index contributed by atoms with van der Waals surface area (Å²) in [5.41, 5.74) is 0.197. The van der Waals surface area contributed by atoms with Crippen LogP contribution in [0.15, 0.2) is 18.2 Å². The first-order valence-electron chi connectivity index (χ1n) is 8.34. The van der Waals surface area contributed by atoms with Crippen LogP contribution in [0.2, 0.25) is 0 Å². The molecule has 0 bridgehead atoms. The number of halogens is 5. The third-order valence-corrected chi connectivity index (χ3v) is 4.96. The van der Waals surface area contributed by atoms with Crippen molar-refractivity contribution < 1.29 is 18.0 Å². The lowest BCUT2D eigenvalue weighted by Gasteiger charge is -2.32. The van der Waals surface area contributed by atoms with Crippen LogP contribution in [-0.2, 0) is 11.0 Å². The van der Waals surface area contributed by atoms with E-state index in [4.69, 9.17) is 0 Å². The average Bonchev–Trinajstić information content (AvgIpc) is 2.98. The van der Waals surface area contributed by atoms with Gasteiger partial charge in [-0.3, -0.25) is 4.79 Å². The zero-order valence-corrected chi connectivity index (χ0v) is 16.1. The van der Waals surface area contributed by atoms with Crippen LogP contribution in [0, 0.1) is 11.8 Å². The fraction of sp³-hybridized carbons (Fsp3) is 0.588. The molecule has 4 nitrogen and oxygen atoms in total. The van der Waals surface area contributed by atoms with Crippen LogP contribution in [0.25, 0.3) is 0 Å². The number of hydrogen-bond donors (Lipinski definition) is 2. The van der Waals surface area contributed by atoms with Gasteiger partial charge in [-0.05, 0) is 50.0 Å². The molecule has 0 aliphatic carbocycles. The zero-order valence-electron chi connectivity index (χ0n) is 14.4. The molecule has 2 aliphatic heterocycles. The van der Waals surface area contributed by atoms with E-state index >= 15 is 0 Å². The van der Waals surface area contributed by atoms with Gasteiger partial charge in [-0.15, -0.1) is 24.8 Å². The summed E-state index contributed by atoms with van der Waals surface area (Å²) < 4.78 is 39.1. The van der Waals surface area contributed by atoms with E-state index in [2.05, 4.69) is 10.6 Å². The molecule has 2 heterocycles. The molecule has 0 aromatic heterocycles. The predicted molar refractivity (Wildman–Crippen MR) is 102 cm³/mol. The highest BCUT2D eigenvalue weighted by molar-refractivity contribution is 5.96. The molecule has 1 atom stereocenters. The van der Waals surface area contributed by atoms with Gasteiger partial charge in [-0.25, -0.2) is 0 Å². The Kier molecular flexibility index (Phi) is 8.04. The Morgan fingerprint density at radius 2 is 1.85 bits per heavy atom. The maximum absolute atomic E-state index is 13.0. The number of carbonyl (C=O) groups excluding carboxylic acids is 1. The minimum atomic E-state index is -4.42. The van der Waals surface area contributed by atoms with Gasteiger partial charge < -0.3 is 15.5 Å². The van der Waals surface area contributed by atoms with E-state index in [0.717, 1.165) is 51.2 Å². The van der Waals surface area contributed by atoms with E-state index in [-0.39, 0.29) is 48.2 Å². The molecule has 1 aromatic carbocycles. The lowest BCUT2D eigenvalue weighted by atomic mass is 9.88. The number of hydrogen-bond acceptors (Lipinski definition) is 3. The first-order chi connectivity index (χ1) is 11.4. The molecule has 2 fully saturated rings. The van der Waals surface area contributed by atoms with Gasteiger partial charge in [0, 0.05) is 19.0 Å². The van der Waals surface area contributed by atoms with Gasteiger partial charge in [-0.1, -0.05) is 6.92 Å². The third kappa shape index (κ3) is 4.96. The van der Waals surface area contributed by atoms with Crippen LogP contribution < -0.4 is 15.5 Å². The van der Waals surface area contributed by atoms with Gasteiger partial charge in [0.2, 0.25) is 5.91 Å². The number of benzene rings is 1. The monoisotopic (exact) mass is 413 g/mol. The van der Waals surface area contributed by atoms with Crippen molar-refractivity contribution in [1.82, 2.24) is 5.32 Å². The van der Waals surface area contributed by atoms with E-state index in [1.807, 2.05) is 11.8 Å². The number of carbonyl (C=O) groups is 1. The van der Waals surface area contributed by atoms with Gasteiger partial charge in [0.15, 0.2) is 0 Å². The van der Waals surface area contributed by atoms with Crippen LogP contribution in [0.5, 0.6) is 0 Å². The van der Waals surface area contributed by atoms with Crippen molar-refractivity contribution in [3.63, 3.8) is 0 Å². The quantitative estimate of drug-likeness (QED) is 0.785. The van der Waals surface area contributed by atoms with Crippen molar-refractivity contribution in [2.45, 2.75) is 25.9 Å². The molecule has 2 aliphatic rings. The molecule has 0 spiro atoms. The summed E-state index contributed by atoms with van der Waals surface area (Å²) in [5.74, 6) is -0.209. The number of nitrogens with one attached hydrogen (secondary N) is 2.